The normalized spacial score (nSPS) is 12.4. The summed E-state index contributed by atoms with van der Waals surface area (Å²) in [7, 11) is 0. The number of halogens is 16. The summed E-state index contributed by atoms with van der Waals surface area (Å²) in [6.45, 7) is 2.23. The van der Waals surface area contributed by atoms with Crippen LogP contribution >= 0.6 is 0 Å². The Balaban J connectivity index is -0.000000132. The molecule has 21 heteroatoms. The molecule has 3 N–H and O–H groups in total. The largest absolute Gasteiger partial charge is 1.00 e. The molecule has 0 aliphatic carbocycles. The Morgan fingerprint density at radius 3 is 1.25 bits per heavy atom. The Morgan fingerprint density at radius 2 is 1.03 bits per heavy atom. The third-order valence-corrected chi connectivity index (χ3v) is 1.64. The number of alkyl halides is 12. The van der Waals surface area contributed by atoms with Crippen molar-refractivity contribution in [3.05, 3.63) is 25.3 Å². The van der Waals surface area contributed by atoms with Crippen molar-refractivity contribution in [3.8, 4) is 0 Å². The molecule has 0 aliphatic heterocycles. The van der Waals surface area contributed by atoms with Gasteiger partial charge in [-0.2, -0.15) is 57.1 Å². The summed E-state index contributed by atoms with van der Waals surface area (Å²) in [6.07, 6.45) is -31.4. The summed E-state index contributed by atoms with van der Waals surface area (Å²) < 4.78 is 190. The van der Waals surface area contributed by atoms with Crippen molar-refractivity contribution in [2.45, 2.75) is 37.1 Å². The first-order chi connectivity index (χ1) is 12.5. The second kappa shape index (κ2) is 18.2. The predicted molar refractivity (Wildman–Crippen MR) is 67.1 cm³/mol. The maximum absolute atomic E-state index is 12.5. The monoisotopic (exact) mass is 550 g/mol. The number of ether oxygens (including phenoxy) is 2. The molecule has 0 radical (unpaired) electrons. The number of hydrogen-bond acceptors (Lipinski definition) is 3. The van der Waals surface area contributed by atoms with E-state index in [2.05, 4.69) is 17.9 Å². The van der Waals surface area contributed by atoms with Crippen molar-refractivity contribution < 1.29 is 142 Å². The van der Waals surface area contributed by atoms with Gasteiger partial charge in [-0.1, -0.05) is 0 Å². The van der Waals surface area contributed by atoms with E-state index in [1.807, 2.05) is 4.74 Å². The zero-order valence-electron chi connectivity index (χ0n) is 15.1. The van der Waals surface area contributed by atoms with Gasteiger partial charge in [0, 0.05) is 0 Å². The Bertz CT molecular complexity index is 493. The number of hydrogen-bond donors (Lipinski definition) is 0. The maximum atomic E-state index is 12.5. The molecule has 0 heterocycles. The van der Waals surface area contributed by atoms with Crippen LogP contribution in [0, 0.1) is 0 Å². The van der Waals surface area contributed by atoms with Crippen molar-refractivity contribution in [1.82, 2.24) is 0 Å². The first kappa shape index (κ1) is 45.4. The van der Waals surface area contributed by atoms with Crippen LogP contribution in [-0.4, -0.2) is 54.7 Å². The maximum Gasteiger partial charge on any atom is 1.00 e. The van der Waals surface area contributed by atoms with Crippen molar-refractivity contribution >= 4 is 0 Å². The van der Waals surface area contributed by atoms with Crippen LogP contribution in [0.25, 0.3) is 0 Å². The van der Waals surface area contributed by atoms with E-state index in [0.29, 0.717) is 0 Å². The van der Waals surface area contributed by atoms with E-state index in [1.165, 1.54) is 0 Å². The molecule has 192 valence electrons. The molecular weight excluding hydrogens is 539 g/mol. The smallest absolute Gasteiger partial charge is 0.870 e. The zero-order chi connectivity index (χ0) is 24.4. The molecular formula is C11H11F16KO4. The molecule has 0 bridgehead atoms. The van der Waals surface area contributed by atoms with Crippen molar-refractivity contribution in [1.29, 1.82) is 0 Å². The summed E-state index contributed by atoms with van der Waals surface area (Å²) in [6, 6.07) is 0. The van der Waals surface area contributed by atoms with Gasteiger partial charge in [0.2, 0.25) is 0 Å². The van der Waals surface area contributed by atoms with E-state index in [-0.39, 0.29) is 62.3 Å². The van der Waals surface area contributed by atoms with Gasteiger partial charge in [0.25, 0.3) is 24.9 Å². The summed E-state index contributed by atoms with van der Waals surface area (Å²) in [4.78, 5) is 0. The fourth-order valence-electron chi connectivity index (χ4n) is 0.677. The molecule has 0 amide bonds. The van der Waals surface area contributed by atoms with E-state index in [9.17, 15) is 70.2 Å². The fraction of sp³-hybridized carbons (Fsp3) is 0.636. The van der Waals surface area contributed by atoms with E-state index in [0.717, 1.165) is 0 Å². The third kappa shape index (κ3) is 20.4. The minimum atomic E-state index is -7.01. The molecule has 0 aromatic rings. The summed E-state index contributed by atoms with van der Waals surface area (Å²) in [5.74, 6) is -7.01. The van der Waals surface area contributed by atoms with Gasteiger partial charge in [-0.05, 0) is 13.2 Å². The average molecular weight is 550 g/mol. The van der Waals surface area contributed by atoms with Gasteiger partial charge in [-0.3, -0.25) is 4.74 Å². The molecule has 4 nitrogen and oxygen atoms in total. The molecule has 0 spiro atoms. The molecule has 0 aliphatic rings. The molecule has 0 saturated carbocycles. The third-order valence-electron chi connectivity index (χ3n) is 1.64. The van der Waals surface area contributed by atoms with Gasteiger partial charge < -0.3 is 15.7 Å². The number of rotatable bonds is 7. The van der Waals surface area contributed by atoms with Crippen LogP contribution in [0.3, 0.4) is 0 Å². The van der Waals surface area contributed by atoms with Gasteiger partial charge >= 0.3 is 75.7 Å². The zero-order valence-corrected chi connectivity index (χ0v) is 18.2. The Hall–Kier alpha value is -0.164. The quantitative estimate of drug-likeness (QED) is 0.362. The van der Waals surface area contributed by atoms with E-state index < -0.39 is 55.9 Å². The van der Waals surface area contributed by atoms with E-state index in [4.69, 9.17) is 0 Å². The molecule has 0 rings (SSSR count). The second-order valence-corrected chi connectivity index (χ2v) is 3.96. The van der Waals surface area contributed by atoms with Crippen LogP contribution in [0.1, 0.15) is 0 Å². The minimum Gasteiger partial charge on any atom is -0.870 e. The SMILES string of the molecule is C=C(F)F.C=C(F)F.FC(F)COC(F)(F)C(F)OC(F)(F)C(F)(F)C(F)(F)F.O.[K+].[OH-]. The molecule has 32 heavy (non-hydrogen) atoms. The molecule has 0 aromatic heterocycles. The van der Waals surface area contributed by atoms with Crippen LogP contribution in [0.15, 0.2) is 25.3 Å². The van der Waals surface area contributed by atoms with Crippen LogP contribution in [0.4, 0.5) is 70.2 Å². The minimum absolute atomic E-state index is 0. The van der Waals surface area contributed by atoms with Gasteiger partial charge in [-0.25, -0.2) is 13.2 Å². The van der Waals surface area contributed by atoms with Crippen LogP contribution < -0.4 is 51.4 Å². The van der Waals surface area contributed by atoms with Gasteiger partial charge in [0.1, 0.15) is 6.61 Å². The van der Waals surface area contributed by atoms with Crippen molar-refractivity contribution in [3.63, 3.8) is 0 Å². The average Bonchev–Trinajstić information content (AvgIpc) is 2.42. The topological polar surface area (TPSA) is 80.0 Å². The Morgan fingerprint density at radius 1 is 0.750 bits per heavy atom. The second-order valence-electron chi connectivity index (χ2n) is 3.96. The van der Waals surface area contributed by atoms with Crippen LogP contribution in [0.5, 0.6) is 0 Å². The van der Waals surface area contributed by atoms with Gasteiger partial charge in [0.15, 0.2) is 0 Å². The molecule has 1 atom stereocenters. The first-order valence-corrected chi connectivity index (χ1v) is 5.95. The van der Waals surface area contributed by atoms with E-state index in [1.54, 1.807) is 0 Å². The molecule has 0 fully saturated rings. The molecule has 1 unspecified atom stereocenters. The fourth-order valence-corrected chi connectivity index (χ4v) is 0.677. The van der Waals surface area contributed by atoms with Crippen LogP contribution in [0.2, 0.25) is 0 Å². The van der Waals surface area contributed by atoms with Gasteiger partial charge in [0.05, 0.1) is 0 Å². The summed E-state index contributed by atoms with van der Waals surface area (Å²) in [5, 5.41) is 0. The van der Waals surface area contributed by atoms with Crippen LogP contribution in [-0.2, 0) is 9.47 Å². The van der Waals surface area contributed by atoms with E-state index >= 15 is 0 Å². The predicted octanol–water partition coefficient (Wildman–Crippen LogP) is 2.76. The van der Waals surface area contributed by atoms with Gasteiger partial charge in [-0.15, -0.1) is 0 Å². The standard InChI is InChI=1S/C7H4F12O2.2C2H2F2.K.2H2O/c8-2(9)1-20-4(11,12)3(10)21-7(18,19)5(13,14)6(15,16)17;2*1-2(3)4;;;/h2-3H,1H2;2*1H2;;2*1H2/q;;;+1;;/p-1. The van der Waals surface area contributed by atoms with Crippen molar-refractivity contribution in [2.75, 3.05) is 6.61 Å². The molecule has 0 aromatic carbocycles. The molecule has 0 saturated heterocycles. The summed E-state index contributed by atoms with van der Waals surface area (Å²) >= 11 is 0. The Kier molecular flexibility index (Phi) is 25.8. The summed E-state index contributed by atoms with van der Waals surface area (Å²) in [5.41, 5.74) is 0. The first-order valence-electron chi connectivity index (χ1n) is 5.95. The Labute approximate surface area is 210 Å². The van der Waals surface area contributed by atoms with Crippen molar-refractivity contribution in [2.24, 2.45) is 0 Å².